The van der Waals surface area contributed by atoms with E-state index in [1.54, 1.807) is 6.92 Å². The number of ether oxygens (including phenoxy) is 1. The van der Waals surface area contributed by atoms with Crippen LogP contribution in [0.25, 0.3) is 0 Å². The highest BCUT2D eigenvalue weighted by atomic mass is 16.5. The molecule has 8 nitrogen and oxygen atoms in total. The first-order chi connectivity index (χ1) is 13.3. The topological polar surface area (TPSA) is 92.6 Å². The van der Waals surface area contributed by atoms with Crippen LogP contribution < -0.4 is 16.0 Å². The number of aryl methyl sites for hydroxylation is 3. The Bertz CT molecular complexity index is 612. The number of aromatic nitrogens is 2. The van der Waals surface area contributed by atoms with Crippen molar-refractivity contribution in [1.82, 2.24) is 25.7 Å². The zero-order valence-corrected chi connectivity index (χ0v) is 18.3. The quantitative estimate of drug-likeness (QED) is 0.305. The molecule has 8 heteroatoms. The Labute approximate surface area is 169 Å². The van der Waals surface area contributed by atoms with Crippen molar-refractivity contribution in [1.29, 1.82) is 0 Å². The van der Waals surface area contributed by atoms with Crippen molar-refractivity contribution in [3.8, 4) is 0 Å². The fourth-order valence-corrected chi connectivity index (χ4v) is 2.97. The fraction of sp³-hybridized carbons (Fsp3) is 0.750. The Morgan fingerprint density at radius 2 is 2.04 bits per heavy atom. The SMILES string of the molecule is CCNC(=NCC(CC(C)C)NC(=O)OCC)NCCCn1nc(C)cc1C. The predicted octanol–water partition coefficient (Wildman–Crippen LogP) is 2.61. The number of alkyl carbamates (subject to hydrolysis) is 1. The van der Waals surface area contributed by atoms with E-state index >= 15 is 0 Å². The van der Waals surface area contributed by atoms with E-state index in [2.05, 4.69) is 52.9 Å². The number of amides is 1. The maximum atomic E-state index is 11.8. The van der Waals surface area contributed by atoms with Gasteiger partial charge in [-0.15, -0.1) is 0 Å². The number of nitrogens with zero attached hydrogens (tertiary/aromatic N) is 3. The molecule has 0 aliphatic carbocycles. The molecule has 0 fully saturated rings. The molecule has 0 saturated carbocycles. The third kappa shape index (κ3) is 9.62. The summed E-state index contributed by atoms with van der Waals surface area (Å²) in [4.78, 5) is 16.4. The predicted molar refractivity (Wildman–Crippen MR) is 114 cm³/mol. The van der Waals surface area contributed by atoms with Crippen LogP contribution in [0.1, 0.15) is 51.9 Å². The van der Waals surface area contributed by atoms with E-state index in [0.717, 1.165) is 44.1 Å². The Balaban J connectivity index is 2.54. The van der Waals surface area contributed by atoms with Crippen LogP contribution in [0.4, 0.5) is 4.79 Å². The summed E-state index contributed by atoms with van der Waals surface area (Å²) < 4.78 is 7.03. The van der Waals surface area contributed by atoms with Gasteiger partial charge in [-0.3, -0.25) is 9.67 Å². The largest absolute Gasteiger partial charge is 0.450 e. The third-order valence-corrected chi connectivity index (χ3v) is 4.11. The molecule has 1 rings (SSSR count). The number of guanidine groups is 1. The molecule has 0 aliphatic rings. The number of hydrogen-bond acceptors (Lipinski definition) is 4. The molecule has 1 amide bonds. The van der Waals surface area contributed by atoms with E-state index < -0.39 is 0 Å². The molecule has 1 heterocycles. The summed E-state index contributed by atoms with van der Waals surface area (Å²) in [6.07, 6.45) is 1.41. The van der Waals surface area contributed by atoms with Crippen molar-refractivity contribution in [3.05, 3.63) is 17.5 Å². The van der Waals surface area contributed by atoms with Gasteiger partial charge < -0.3 is 20.7 Å². The van der Waals surface area contributed by atoms with Gasteiger partial charge in [-0.25, -0.2) is 4.79 Å². The van der Waals surface area contributed by atoms with Gasteiger partial charge in [0.25, 0.3) is 0 Å². The van der Waals surface area contributed by atoms with Crippen LogP contribution in [0.5, 0.6) is 0 Å². The van der Waals surface area contributed by atoms with Crippen molar-refractivity contribution in [3.63, 3.8) is 0 Å². The lowest BCUT2D eigenvalue weighted by molar-refractivity contribution is 0.147. The molecular formula is C20H38N6O2. The van der Waals surface area contributed by atoms with Gasteiger partial charge in [0, 0.05) is 25.3 Å². The second-order valence-corrected chi connectivity index (χ2v) is 7.34. The third-order valence-electron chi connectivity index (χ3n) is 4.11. The van der Waals surface area contributed by atoms with Crippen molar-refractivity contribution >= 4 is 12.1 Å². The Morgan fingerprint density at radius 3 is 2.61 bits per heavy atom. The maximum absolute atomic E-state index is 11.8. The van der Waals surface area contributed by atoms with Crippen LogP contribution in [0.2, 0.25) is 0 Å². The average molecular weight is 395 g/mol. The lowest BCUT2D eigenvalue weighted by Crippen LogP contribution is -2.42. The van der Waals surface area contributed by atoms with Crippen molar-refractivity contribution in [2.75, 3.05) is 26.2 Å². The highest BCUT2D eigenvalue weighted by Crippen LogP contribution is 2.06. The van der Waals surface area contributed by atoms with E-state index in [-0.39, 0.29) is 12.1 Å². The molecule has 0 saturated heterocycles. The number of carbonyl (C=O) groups excluding carboxylic acids is 1. The molecule has 1 atom stereocenters. The van der Waals surface area contributed by atoms with Gasteiger partial charge >= 0.3 is 6.09 Å². The summed E-state index contributed by atoms with van der Waals surface area (Å²) in [5.74, 6) is 1.22. The van der Waals surface area contributed by atoms with Gasteiger partial charge in [0.2, 0.25) is 0 Å². The van der Waals surface area contributed by atoms with Crippen LogP contribution in [0, 0.1) is 19.8 Å². The molecule has 1 aromatic heterocycles. The summed E-state index contributed by atoms with van der Waals surface area (Å²) >= 11 is 0. The van der Waals surface area contributed by atoms with E-state index in [1.165, 1.54) is 5.69 Å². The molecule has 0 aliphatic heterocycles. The summed E-state index contributed by atoms with van der Waals surface area (Å²) in [6.45, 7) is 15.5. The second-order valence-electron chi connectivity index (χ2n) is 7.34. The van der Waals surface area contributed by atoms with Gasteiger partial charge in [0.15, 0.2) is 5.96 Å². The van der Waals surface area contributed by atoms with Crippen LogP contribution >= 0.6 is 0 Å². The monoisotopic (exact) mass is 394 g/mol. The molecular weight excluding hydrogens is 356 g/mol. The molecule has 1 aromatic rings. The molecule has 0 aromatic carbocycles. The standard InChI is InChI=1S/C20H38N6O2/c1-7-21-19(22-10-9-11-26-17(6)13-16(5)25-26)23-14-18(12-15(3)4)24-20(27)28-8-2/h13,15,18H,7-12,14H2,1-6H3,(H,24,27)(H2,21,22,23). The minimum absolute atomic E-state index is 0.0517. The van der Waals surface area contributed by atoms with Crippen molar-refractivity contribution < 1.29 is 9.53 Å². The fourth-order valence-electron chi connectivity index (χ4n) is 2.97. The minimum Gasteiger partial charge on any atom is -0.450 e. The molecule has 0 radical (unpaired) electrons. The number of aliphatic imine (C=N–C) groups is 1. The Kier molecular flexibility index (Phi) is 11.1. The molecule has 28 heavy (non-hydrogen) atoms. The zero-order valence-electron chi connectivity index (χ0n) is 18.3. The average Bonchev–Trinajstić information content (AvgIpc) is 2.93. The van der Waals surface area contributed by atoms with Crippen molar-refractivity contribution in [2.45, 2.75) is 67.0 Å². The van der Waals surface area contributed by atoms with Gasteiger partial charge in [-0.05, 0) is 52.5 Å². The molecule has 3 N–H and O–H groups in total. The lowest BCUT2D eigenvalue weighted by atomic mass is 10.0. The molecule has 0 bridgehead atoms. The smallest absolute Gasteiger partial charge is 0.407 e. The van der Waals surface area contributed by atoms with E-state index in [1.807, 2.05) is 18.5 Å². The van der Waals surface area contributed by atoms with Crippen molar-refractivity contribution in [2.24, 2.45) is 10.9 Å². The minimum atomic E-state index is -0.383. The summed E-state index contributed by atoms with van der Waals surface area (Å²) in [6, 6.07) is 2.04. The second kappa shape index (κ2) is 13.0. The van der Waals surface area contributed by atoms with E-state index in [0.29, 0.717) is 19.1 Å². The number of rotatable bonds is 11. The summed E-state index contributed by atoms with van der Waals surface area (Å²) in [7, 11) is 0. The first-order valence-electron chi connectivity index (χ1n) is 10.3. The van der Waals surface area contributed by atoms with Gasteiger partial charge in [0.05, 0.1) is 24.9 Å². The highest BCUT2D eigenvalue weighted by Gasteiger charge is 2.14. The van der Waals surface area contributed by atoms with Crippen LogP contribution in [0.3, 0.4) is 0 Å². The normalized spacial score (nSPS) is 12.8. The highest BCUT2D eigenvalue weighted by molar-refractivity contribution is 5.79. The molecule has 160 valence electrons. The Morgan fingerprint density at radius 1 is 1.29 bits per heavy atom. The van der Waals surface area contributed by atoms with E-state index in [9.17, 15) is 4.79 Å². The summed E-state index contributed by atoms with van der Waals surface area (Å²) in [5.41, 5.74) is 2.23. The Hall–Kier alpha value is -2.25. The van der Waals surface area contributed by atoms with E-state index in [4.69, 9.17) is 4.74 Å². The number of carbonyl (C=O) groups is 1. The summed E-state index contributed by atoms with van der Waals surface area (Å²) in [5, 5.41) is 14.0. The van der Waals surface area contributed by atoms with Crippen LogP contribution in [-0.2, 0) is 11.3 Å². The lowest BCUT2D eigenvalue weighted by Gasteiger charge is -2.19. The van der Waals surface area contributed by atoms with Crippen LogP contribution in [-0.4, -0.2) is 54.1 Å². The molecule has 1 unspecified atom stereocenters. The van der Waals surface area contributed by atoms with Crippen LogP contribution in [0.15, 0.2) is 11.1 Å². The van der Waals surface area contributed by atoms with Gasteiger partial charge in [-0.1, -0.05) is 13.8 Å². The first-order valence-corrected chi connectivity index (χ1v) is 10.3. The zero-order chi connectivity index (χ0) is 20.9. The van der Waals surface area contributed by atoms with Gasteiger partial charge in [0.1, 0.15) is 0 Å². The van der Waals surface area contributed by atoms with Gasteiger partial charge in [-0.2, -0.15) is 5.10 Å². The first kappa shape index (κ1) is 23.8. The number of hydrogen-bond donors (Lipinski definition) is 3. The number of nitrogens with one attached hydrogen (secondary N) is 3. The maximum Gasteiger partial charge on any atom is 0.407 e. The molecule has 0 spiro atoms.